The van der Waals surface area contributed by atoms with Crippen molar-refractivity contribution < 1.29 is 18.7 Å². The number of amides is 2. The monoisotopic (exact) mass is 449 g/mol. The molecule has 1 N–H and O–H groups in total. The molecule has 3 heterocycles. The molecule has 1 atom stereocenters. The zero-order valence-corrected chi connectivity index (χ0v) is 19.5. The molecule has 0 saturated heterocycles. The molecule has 7 heteroatoms. The van der Waals surface area contributed by atoms with Crippen LogP contribution in [0.2, 0.25) is 0 Å². The molecular formula is C26H31N3O4. The van der Waals surface area contributed by atoms with E-state index in [1.807, 2.05) is 48.7 Å². The van der Waals surface area contributed by atoms with E-state index in [1.165, 1.54) is 0 Å². The van der Waals surface area contributed by atoms with Crippen LogP contribution in [0.15, 0.2) is 47.1 Å². The molecule has 0 spiro atoms. The number of hydrogen-bond donors (Lipinski definition) is 1. The van der Waals surface area contributed by atoms with E-state index < -0.39 is 5.54 Å². The molecule has 33 heavy (non-hydrogen) atoms. The fourth-order valence-electron chi connectivity index (χ4n) is 5.22. The number of nitrogens with zero attached hydrogens (tertiary/aromatic N) is 2. The van der Waals surface area contributed by atoms with Crippen molar-refractivity contribution in [3.63, 3.8) is 0 Å². The third-order valence-electron chi connectivity index (χ3n) is 7.15. The number of anilines is 1. The summed E-state index contributed by atoms with van der Waals surface area (Å²) in [6, 6.07) is 11.1. The van der Waals surface area contributed by atoms with Crippen molar-refractivity contribution in [2.75, 3.05) is 11.5 Å². The number of hydrogen-bond acceptors (Lipinski definition) is 4. The number of fused-ring (bicyclic) bond motifs is 3. The molecular weight excluding hydrogens is 418 g/mol. The van der Waals surface area contributed by atoms with Crippen LogP contribution in [0.25, 0.3) is 11.1 Å². The Morgan fingerprint density at radius 2 is 1.91 bits per heavy atom. The molecule has 2 aliphatic rings. The number of rotatable bonds is 5. The van der Waals surface area contributed by atoms with Crippen molar-refractivity contribution in [3.8, 4) is 5.75 Å². The van der Waals surface area contributed by atoms with Crippen molar-refractivity contribution in [3.05, 3.63) is 48.4 Å². The lowest BCUT2D eigenvalue weighted by atomic mass is 9.86. The minimum atomic E-state index is -1.09. The maximum absolute atomic E-state index is 13.8. The van der Waals surface area contributed by atoms with Crippen LogP contribution in [-0.4, -0.2) is 34.6 Å². The predicted molar refractivity (Wildman–Crippen MR) is 127 cm³/mol. The van der Waals surface area contributed by atoms with Gasteiger partial charge in [0.25, 0.3) is 5.91 Å². The lowest BCUT2D eigenvalue weighted by Gasteiger charge is -2.44. The highest BCUT2D eigenvalue weighted by molar-refractivity contribution is 6.13. The zero-order chi connectivity index (χ0) is 23.2. The highest BCUT2D eigenvalue weighted by atomic mass is 16.5. The first kappa shape index (κ1) is 21.6. The van der Waals surface area contributed by atoms with Gasteiger partial charge in [-0.1, -0.05) is 6.92 Å². The molecule has 1 aliphatic heterocycles. The second-order valence-corrected chi connectivity index (χ2v) is 9.56. The van der Waals surface area contributed by atoms with Gasteiger partial charge in [0, 0.05) is 23.9 Å². The second kappa shape index (κ2) is 8.28. The summed E-state index contributed by atoms with van der Waals surface area (Å²) < 4.78 is 13.0. The summed E-state index contributed by atoms with van der Waals surface area (Å²) >= 11 is 0. The normalized spacial score (nSPS) is 25.2. The van der Waals surface area contributed by atoms with Gasteiger partial charge < -0.3 is 19.0 Å². The average Bonchev–Trinajstić information content (AvgIpc) is 3.39. The largest absolute Gasteiger partial charge is 0.494 e. The Hall–Kier alpha value is -3.22. The van der Waals surface area contributed by atoms with Gasteiger partial charge in [-0.15, -0.1) is 0 Å². The maximum atomic E-state index is 13.8. The molecule has 1 aromatic carbocycles. The van der Waals surface area contributed by atoms with E-state index in [4.69, 9.17) is 9.15 Å². The Labute approximate surface area is 193 Å². The van der Waals surface area contributed by atoms with Gasteiger partial charge >= 0.3 is 0 Å². The first-order chi connectivity index (χ1) is 15.9. The number of aromatic nitrogens is 1. The van der Waals surface area contributed by atoms with E-state index in [2.05, 4.69) is 12.2 Å². The average molecular weight is 450 g/mol. The number of carbonyl (C=O) groups excluding carboxylic acids is 2. The SMILES string of the molecule is CCOc1ccc(N2C(=O)c3cc4occc4n3C[C@]2(C)C(=O)NC2CCC(C)CC2)cc1. The third kappa shape index (κ3) is 3.69. The highest BCUT2D eigenvalue weighted by Gasteiger charge is 2.49. The Morgan fingerprint density at radius 3 is 2.61 bits per heavy atom. The van der Waals surface area contributed by atoms with Crippen LogP contribution in [-0.2, 0) is 11.3 Å². The fourth-order valence-corrected chi connectivity index (χ4v) is 5.22. The summed E-state index contributed by atoms with van der Waals surface area (Å²) in [6.45, 7) is 6.96. The van der Waals surface area contributed by atoms with E-state index in [-0.39, 0.29) is 17.9 Å². The van der Waals surface area contributed by atoms with Crippen molar-refractivity contribution in [2.45, 2.75) is 64.6 Å². The predicted octanol–water partition coefficient (Wildman–Crippen LogP) is 4.75. The molecule has 1 aliphatic carbocycles. The molecule has 174 valence electrons. The van der Waals surface area contributed by atoms with Crippen LogP contribution in [0.1, 0.15) is 56.9 Å². The van der Waals surface area contributed by atoms with Crippen LogP contribution < -0.4 is 15.0 Å². The van der Waals surface area contributed by atoms with Crippen molar-refractivity contribution in [1.29, 1.82) is 0 Å². The first-order valence-corrected chi connectivity index (χ1v) is 11.9. The molecule has 2 amide bonds. The minimum absolute atomic E-state index is 0.125. The Morgan fingerprint density at radius 1 is 1.18 bits per heavy atom. The number of benzene rings is 1. The van der Waals surface area contributed by atoms with Gasteiger partial charge in [-0.25, -0.2) is 0 Å². The van der Waals surface area contributed by atoms with Crippen LogP contribution in [0.4, 0.5) is 5.69 Å². The van der Waals surface area contributed by atoms with E-state index in [0.717, 1.165) is 36.9 Å². The van der Waals surface area contributed by atoms with Gasteiger partial charge in [-0.3, -0.25) is 14.5 Å². The summed E-state index contributed by atoms with van der Waals surface area (Å²) in [5, 5.41) is 3.27. The minimum Gasteiger partial charge on any atom is -0.494 e. The van der Waals surface area contributed by atoms with Crippen molar-refractivity contribution >= 4 is 28.6 Å². The summed E-state index contributed by atoms with van der Waals surface area (Å²) in [6.07, 6.45) is 5.78. The Kier molecular flexibility index (Phi) is 5.43. The Balaban J connectivity index is 1.53. The van der Waals surface area contributed by atoms with Gasteiger partial charge in [0.15, 0.2) is 5.58 Å². The first-order valence-electron chi connectivity index (χ1n) is 11.9. The molecule has 0 unspecified atom stereocenters. The third-order valence-corrected chi connectivity index (χ3v) is 7.15. The van der Waals surface area contributed by atoms with Crippen LogP contribution in [0.3, 0.4) is 0 Å². The summed E-state index contributed by atoms with van der Waals surface area (Å²) in [5.74, 6) is 1.09. The molecule has 7 nitrogen and oxygen atoms in total. The molecule has 3 aromatic rings. The van der Waals surface area contributed by atoms with Crippen LogP contribution in [0, 0.1) is 5.92 Å². The lowest BCUT2D eigenvalue weighted by molar-refractivity contribution is -0.127. The van der Waals surface area contributed by atoms with Gasteiger partial charge in [-0.2, -0.15) is 0 Å². The molecule has 0 bridgehead atoms. The van der Waals surface area contributed by atoms with E-state index >= 15 is 0 Å². The van der Waals surface area contributed by atoms with Gasteiger partial charge in [0.05, 0.1) is 24.9 Å². The number of ether oxygens (including phenoxy) is 1. The van der Waals surface area contributed by atoms with Gasteiger partial charge in [0.1, 0.15) is 17.0 Å². The molecule has 1 fully saturated rings. The summed E-state index contributed by atoms with van der Waals surface area (Å²) in [4.78, 5) is 29.2. The smallest absolute Gasteiger partial charge is 0.276 e. The molecule has 1 saturated carbocycles. The van der Waals surface area contributed by atoms with Gasteiger partial charge in [-0.05, 0) is 69.7 Å². The zero-order valence-electron chi connectivity index (χ0n) is 19.5. The maximum Gasteiger partial charge on any atom is 0.276 e. The van der Waals surface area contributed by atoms with Gasteiger partial charge in [0.2, 0.25) is 5.91 Å². The number of nitrogens with one attached hydrogen (secondary N) is 1. The van der Waals surface area contributed by atoms with E-state index in [9.17, 15) is 9.59 Å². The lowest BCUT2D eigenvalue weighted by Crippen LogP contribution is -2.65. The van der Waals surface area contributed by atoms with E-state index in [1.54, 1.807) is 17.2 Å². The highest BCUT2D eigenvalue weighted by Crippen LogP contribution is 2.37. The number of furan rings is 1. The fraction of sp³-hybridized carbons (Fsp3) is 0.462. The van der Waals surface area contributed by atoms with Crippen LogP contribution in [0.5, 0.6) is 5.75 Å². The van der Waals surface area contributed by atoms with E-state index in [0.29, 0.717) is 36.0 Å². The molecule has 0 radical (unpaired) electrons. The number of carbonyl (C=O) groups is 2. The molecule has 2 aromatic heterocycles. The summed E-state index contributed by atoms with van der Waals surface area (Å²) in [7, 11) is 0. The molecule has 5 rings (SSSR count). The van der Waals surface area contributed by atoms with Crippen molar-refractivity contribution in [1.82, 2.24) is 9.88 Å². The quantitative estimate of drug-likeness (QED) is 0.610. The summed E-state index contributed by atoms with van der Waals surface area (Å²) in [5.41, 5.74) is 1.58. The van der Waals surface area contributed by atoms with Crippen LogP contribution >= 0.6 is 0 Å². The van der Waals surface area contributed by atoms with Crippen molar-refractivity contribution in [2.24, 2.45) is 5.92 Å². The topological polar surface area (TPSA) is 76.7 Å². The Bertz CT molecular complexity index is 1170. The standard InChI is InChI=1S/C26H31N3O4/c1-4-32-20-11-9-19(10-12-20)29-24(30)22-15-23-21(13-14-33-23)28(22)16-26(29,3)25(31)27-18-7-5-17(2)6-8-18/h9-15,17-18H,4-8,16H2,1-3H3,(H,27,31)/t17?,18?,26-/m1/s1. The second-order valence-electron chi connectivity index (χ2n) is 9.56.